The maximum absolute atomic E-state index is 13.9. The number of benzene rings is 1. The van der Waals surface area contributed by atoms with Gasteiger partial charge in [0.2, 0.25) is 11.8 Å². The van der Waals surface area contributed by atoms with E-state index in [-0.39, 0.29) is 35.5 Å². The normalized spacial score (nSPS) is 14.2. The van der Waals surface area contributed by atoms with Gasteiger partial charge in [-0.2, -0.15) is 0 Å². The Morgan fingerprint density at radius 1 is 0.911 bits per heavy atom. The van der Waals surface area contributed by atoms with Crippen LogP contribution in [0.2, 0.25) is 0 Å². The Bertz CT molecular complexity index is 1340. The maximum atomic E-state index is 13.9. The molecule has 14 nitrogen and oxygen atoms in total. The first-order valence-corrected chi connectivity index (χ1v) is 16.1. The summed E-state index contributed by atoms with van der Waals surface area (Å²) in [5, 5.41) is 8.42. The minimum atomic E-state index is -1.82. The molecule has 16 heteroatoms. The van der Waals surface area contributed by atoms with Crippen LogP contribution in [-0.2, 0) is 49.3 Å². The highest BCUT2D eigenvalue weighted by atomic mass is 127. The Hall–Kier alpha value is -3.48. The van der Waals surface area contributed by atoms with Crippen LogP contribution in [0.1, 0.15) is 34.1 Å². The molecule has 2 aromatic rings. The Balaban J connectivity index is 2.29. The lowest BCUT2D eigenvalue weighted by Gasteiger charge is -2.31. The molecule has 246 valence electrons. The van der Waals surface area contributed by atoms with E-state index in [1.54, 1.807) is 37.3 Å². The second-order valence-corrected chi connectivity index (χ2v) is 11.8. The lowest BCUT2D eigenvalue weighted by atomic mass is 9.92. The second-order valence-electron chi connectivity index (χ2n) is 9.83. The third-order valence-corrected chi connectivity index (χ3v) is 8.59. The second kappa shape index (κ2) is 18.5. The number of rotatable bonds is 17. The van der Waals surface area contributed by atoms with Gasteiger partial charge in [-0.05, 0) is 32.8 Å². The number of ether oxygens (including phenoxy) is 4. The number of thiazole rings is 1. The van der Waals surface area contributed by atoms with Gasteiger partial charge in [0.1, 0.15) is 17.0 Å². The number of esters is 2. The number of hydrogen-bond donors (Lipinski definition) is 3. The molecule has 45 heavy (non-hydrogen) atoms. The number of alkyl halides is 1. The molecule has 4 atom stereocenters. The van der Waals surface area contributed by atoms with Crippen molar-refractivity contribution in [3.05, 3.63) is 52.0 Å². The number of Topliss-reactive ketones (excluding diaryl/α,β-unsaturated/α-hetero) is 1. The molecule has 0 aliphatic carbocycles. The first kappa shape index (κ1) is 37.7. The van der Waals surface area contributed by atoms with Crippen LogP contribution in [0.3, 0.4) is 0 Å². The molecule has 0 unspecified atom stereocenters. The fraction of sp³-hybridized carbons (Fsp3) is 0.483. The fourth-order valence-electron chi connectivity index (χ4n) is 3.95. The van der Waals surface area contributed by atoms with Crippen LogP contribution in [-0.4, -0.2) is 103 Å². The van der Waals surface area contributed by atoms with Crippen LogP contribution >= 0.6 is 33.9 Å². The van der Waals surface area contributed by atoms with Crippen molar-refractivity contribution in [3.8, 4) is 0 Å². The highest BCUT2D eigenvalue weighted by Gasteiger charge is 2.43. The van der Waals surface area contributed by atoms with Gasteiger partial charge in [-0.15, -0.1) is 11.3 Å². The summed E-state index contributed by atoms with van der Waals surface area (Å²) in [6.45, 7) is 4.03. The molecular formula is C29H37IN4O10S. The molecule has 3 N–H and O–H groups in total. The quantitative estimate of drug-likeness (QED) is 0.0901. The van der Waals surface area contributed by atoms with Crippen LogP contribution in [0.25, 0.3) is 0 Å². The summed E-state index contributed by atoms with van der Waals surface area (Å²) >= 11 is 2.99. The third kappa shape index (κ3) is 11.4. The SMILES string of the molecule is CCOC(=O)C(=O)O[C@](C)(CI)C(=O)[C@H](Cc1ccccc1)NC(=O)[C@H](COC)NC(=O)[C@H](COC)NC(=O)c1cnc(C)s1. The molecule has 1 aromatic heterocycles. The number of nitrogens with one attached hydrogen (secondary N) is 3. The van der Waals surface area contributed by atoms with E-state index in [2.05, 4.69) is 25.7 Å². The number of aromatic nitrogens is 1. The van der Waals surface area contributed by atoms with Gasteiger partial charge in [-0.25, -0.2) is 14.6 Å². The maximum Gasteiger partial charge on any atom is 0.418 e. The number of carbonyl (C=O) groups is 6. The van der Waals surface area contributed by atoms with Crippen LogP contribution in [0.4, 0.5) is 0 Å². The van der Waals surface area contributed by atoms with Crippen LogP contribution in [0.5, 0.6) is 0 Å². The number of hydrogen-bond acceptors (Lipinski definition) is 12. The molecule has 0 aliphatic rings. The minimum Gasteiger partial charge on any atom is -0.458 e. The highest BCUT2D eigenvalue weighted by molar-refractivity contribution is 14.1. The molecule has 3 amide bonds. The van der Waals surface area contributed by atoms with Gasteiger partial charge < -0.3 is 34.9 Å². The average Bonchev–Trinajstić information content (AvgIpc) is 3.46. The van der Waals surface area contributed by atoms with Gasteiger partial charge in [0.15, 0.2) is 11.4 Å². The summed E-state index contributed by atoms with van der Waals surface area (Å²) < 4.78 is 20.2. The van der Waals surface area contributed by atoms with Gasteiger partial charge >= 0.3 is 11.9 Å². The summed E-state index contributed by atoms with van der Waals surface area (Å²) in [5.41, 5.74) is -1.14. The number of halogens is 1. The number of methoxy groups -OCH3 is 2. The van der Waals surface area contributed by atoms with Crippen molar-refractivity contribution in [2.75, 3.05) is 38.5 Å². The first-order valence-electron chi connectivity index (χ1n) is 13.7. The smallest absolute Gasteiger partial charge is 0.418 e. The van der Waals surface area contributed by atoms with E-state index < -0.39 is 59.2 Å². The standard InChI is InChI=1S/C29H37IN4O10S/c1-6-43-27(39)28(40)44-29(3,16-30)23(35)19(12-18-10-8-7-9-11-18)32-24(36)20(14-41-4)33-25(37)21(15-42-5)34-26(38)22-13-31-17(2)45-22/h7-11,13,19-21H,6,12,14-16H2,1-5H3,(H,32,36)(H,33,37)(H,34,38)/t19-,20-,21-,29+/m0/s1. The molecule has 0 bridgehead atoms. The van der Waals surface area contributed by atoms with Crippen LogP contribution < -0.4 is 16.0 Å². The predicted octanol–water partition coefficient (Wildman–Crippen LogP) is 0.924. The summed E-state index contributed by atoms with van der Waals surface area (Å²) in [4.78, 5) is 82.0. The van der Waals surface area contributed by atoms with E-state index in [1.807, 2.05) is 22.6 Å². The molecule has 0 saturated carbocycles. The number of ketones is 1. The van der Waals surface area contributed by atoms with Crippen molar-refractivity contribution in [2.45, 2.75) is 50.9 Å². The van der Waals surface area contributed by atoms with Crippen LogP contribution in [0.15, 0.2) is 36.5 Å². The average molecular weight is 761 g/mol. The largest absolute Gasteiger partial charge is 0.458 e. The van der Waals surface area contributed by atoms with Crippen LogP contribution in [0, 0.1) is 6.92 Å². The third-order valence-electron chi connectivity index (χ3n) is 6.22. The zero-order chi connectivity index (χ0) is 33.6. The monoisotopic (exact) mass is 760 g/mol. The van der Waals surface area contributed by atoms with Gasteiger partial charge in [-0.1, -0.05) is 52.9 Å². The van der Waals surface area contributed by atoms with Gasteiger partial charge in [-0.3, -0.25) is 19.2 Å². The Morgan fingerprint density at radius 2 is 1.49 bits per heavy atom. The van der Waals surface area contributed by atoms with E-state index in [0.717, 1.165) is 11.3 Å². The molecule has 0 radical (unpaired) electrons. The molecule has 0 saturated heterocycles. The van der Waals surface area contributed by atoms with Crippen molar-refractivity contribution in [1.82, 2.24) is 20.9 Å². The van der Waals surface area contributed by atoms with Gasteiger partial charge in [0.05, 0.1) is 37.1 Å². The predicted molar refractivity (Wildman–Crippen MR) is 171 cm³/mol. The van der Waals surface area contributed by atoms with Gasteiger partial charge in [0.25, 0.3) is 5.91 Å². The Morgan fingerprint density at radius 3 is 2.00 bits per heavy atom. The van der Waals surface area contributed by atoms with Crippen molar-refractivity contribution < 1.29 is 47.7 Å². The topological polar surface area (TPSA) is 188 Å². The van der Waals surface area contributed by atoms with Crippen molar-refractivity contribution in [2.24, 2.45) is 0 Å². The van der Waals surface area contributed by atoms with E-state index in [0.29, 0.717) is 10.6 Å². The van der Waals surface area contributed by atoms with Gasteiger partial charge in [0, 0.05) is 18.6 Å². The van der Waals surface area contributed by atoms with E-state index in [1.165, 1.54) is 34.3 Å². The van der Waals surface area contributed by atoms with E-state index in [4.69, 9.17) is 14.2 Å². The van der Waals surface area contributed by atoms with E-state index >= 15 is 0 Å². The minimum absolute atomic E-state index is 0.00112. The number of nitrogens with zero attached hydrogens (tertiary/aromatic N) is 1. The van der Waals surface area contributed by atoms with E-state index in [9.17, 15) is 28.8 Å². The molecule has 0 spiro atoms. The lowest BCUT2D eigenvalue weighted by molar-refractivity contribution is -0.177. The summed E-state index contributed by atoms with van der Waals surface area (Å²) in [6, 6.07) is 5.04. The summed E-state index contributed by atoms with van der Waals surface area (Å²) in [7, 11) is 2.67. The number of amides is 3. The number of aryl methyl sites for hydroxylation is 1. The Labute approximate surface area is 278 Å². The lowest BCUT2D eigenvalue weighted by Crippen LogP contribution is -2.60. The summed E-state index contributed by atoms with van der Waals surface area (Å²) in [6.07, 6.45) is 1.38. The molecule has 0 fully saturated rings. The molecule has 1 aromatic carbocycles. The first-order chi connectivity index (χ1) is 21.4. The zero-order valence-corrected chi connectivity index (χ0v) is 28.5. The molecular weight excluding hydrogens is 723 g/mol. The molecule has 1 heterocycles. The van der Waals surface area contributed by atoms with Crippen molar-refractivity contribution >= 4 is 69.4 Å². The number of carbonyl (C=O) groups excluding carboxylic acids is 6. The van der Waals surface area contributed by atoms with Crippen molar-refractivity contribution in [1.29, 1.82) is 0 Å². The Kier molecular flexibility index (Phi) is 15.5. The molecule has 2 rings (SSSR count). The molecule has 0 aliphatic heterocycles. The van der Waals surface area contributed by atoms with Crippen molar-refractivity contribution in [3.63, 3.8) is 0 Å². The highest BCUT2D eigenvalue weighted by Crippen LogP contribution is 2.21. The fourth-order valence-corrected chi connectivity index (χ4v) is 5.16. The zero-order valence-electron chi connectivity index (χ0n) is 25.5. The summed E-state index contributed by atoms with van der Waals surface area (Å²) in [5.74, 6) is -5.37.